The molecule has 2 unspecified atom stereocenters. The number of likely N-dealkylation sites (N-methyl/N-ethyl adjacent to an activating group) is 1. The highest BCUT2D eigenvalue weighted by Gasteiger charge is 2.42. The van der Waals surface area contributed by atoms with Gasteiger partial charge in [0.1, 0.15) is 0 Å². The van der Waals surface area contributed by atoms with E-state index in [1.165, 1.54) is 16.2 Å². The third-order valence-corrected chi connectivity index (χ3v) is 5.31. The first-order valence-corrected chi connectivity index (χ1v) is 8.22. The number of carbonyl (C=O) groups is 2. The molecule has 2 aliphatic rings. The van der Waals surface area contributed by atoms with Crippen LogP contribution in [0.1, 0.15) is 35.4 Å². The third kappa shape index (κ3) is 2.82. The molecule has 0 spiro atoms. The van der Waals surface area contributed by atoms with Crippen LogP contribution in [-0.4, -0.2) is 58.5 Å². The molecule has 1 aromatic rings. The Morgan fingerprint density at radius 3 is 2.62 bits per heavy atom. The molecule has 0 radical (unpaired) electrons. The minimum absolute atomic E-state index is 0.00167. The van der Waals surface area contributed by atoms with Gasteiger partial charge in [-0.1, -0.05) is 6.07 Å². The van der Waals surface area contributed by atoms with E-state index in [4.69, 9.17) is 0 Å². The number of hydrogen-bond acceptors (Lipinski definition) is 4. The van der Waals surface area contributed by atoms with Gasteiger partial charge in [-0.2, -0.15) is 0 Å². The van der Waals surface area contributed by atoms with Crippen LogP contribution in [0.2, 0.25) is 0 Å². The summed E-state index contributed by atoms with van der Waals surface area (Å²) in [4.78, 5) is 28.7. The lowest BCUT2D eigenvalue weighted by Crippen LogP contribution is -2.51. The SMILES string of the molecule is CN(CC(=O)N1C2CCC1CC(O)C2)C(=O)c1cccs1. The summed E-state index contributed by atoms with van der Waals surface area (Å²) in [6, 6.07) is 3.90. The average Bonchev–Trinajstić information content (AvgIpc) is 3.05. The summed E-state index contributed by atoms with van der Waals surface area (Å²) in [6.45, 7) is 0.111. The third-order valence-electron chi connectivity index (χ3n) is 4.45. The van der Waals surface area contributed by atoms with E-state index in [0.29, 0.717) is 17.7 Å². The highest BCUT2D eigenvalue weighted by molar-refractivity contribution is 7.12. The van der Waals surface area contributed by atoms with Crippen LogP contribution in [0.5, 0.6) is 0 Å². The fourth-order valence-electron chi connectivity index (χ4n) is 3.50. The second-order valence-electron chi connectivity index (χ2n) is 5.95. The van der Waals surface area contributed by atoms with Crippen molar-refractivity contribution in [1.29, 1.82) is 0 Å². The molecule has 0 aliphatic carbocycles. The van der Waals surface area contributed by atoms with Crippen molar-refractivity contribution >= 4 is 23.2 Å². The molecule has 1 N–H and O–H groups in total. The van der Waals surface area contributed by atoms with Crippen molar-refractivity contribution in [2.45, 2.75) is 43.9 Å². The monoisotopic (exact) mass is 308 g/mol. The Bertz CT molecular complexity index is 517. The zero-order valence-electron chi connectivity index (χ0n) is 12.1. The van der Waals surface area contributed by atoms with Crippen LogP contribution >= 0.6 is 11.3 Å². The minimum atomic E-state index is -0.281. The van der Waals surface area contributed by atoms with Gasteiger partial charge in [0.2, 0.25) is 5.91 Å². The summed E-state index contributed by atoms with van der Waals surface area (Å²) in [5.41, 5.74) is 0. The van der Waals surface area contributed by atoms with Gasteiger partial charge in [0.05, 0.1) is 17.5 Å². The second-order valence-corrected chi connectivity index (χ2v) is 6.90. The summed E-state index contributed by atoms with van der Waals surface area (Å²) in [5.74, 6) is -0.107. The van der Waals surface area contributed by atoms with E-state index in [0.717, 1.165) is 12.8 Å². The summed E-state index contributed by atoms with van der Waals surface area (Å²) in [5, 5.41) is 11.6. The molecule has 0 aromatic carbocycles. The van der Waals surface area contributed by atoms with Crippen LogP contribution in [0.15, 0.2) is 17.5 Å². The van der Waals surface area contributed by atoms with Crippen molar-refractivity contribution in [1.82, 2.24) is 9.80 Å². The Labute approximate surface area is 128 Å². The molecule has 5 nitrogen and oxygen atoms in total. The number of nitrogens with zero attached hydrogens (tertiary/aromatic N) is 2. The Balaban J connectivity index is 1.63. The van der Waals surface area contributed by atoms with Crippen LogP contribution in [0.3, 0.4) is 0 Å². The maximum absolute atomic E-state index is 12.5. The Kier molecular flexibility index (Phi) is 3.99. The number of amides is 2. The number of piperidine rings is 1. The van der Waals surface area contributed by atoms with Gasteiger partial charge in [-0.3, -0.25) is 9.59 Å². The Hall–Kier alpha value is -1.40. The predicted molar refractivity (Wildman–Crippen MR) is 80.2 cm³/mol. The fourth-order valence-corrected chi connectivity index (χ4v) is 4.22. The number of rotatable bonds is 3. The van der Waals surface area contributed by atoms with E-state index in [1.807, 2.05) is 16.3 Å². The van der Waals surface area contributed by atoms with Gasteiger partial charge in [0, 0.05) is 19.1 Å². The van der Waals surface area contributed by atoms with E-state index in [1.54, 1.807) is 13.1 Å². The Morgan fingerprint density at radius 1 is 1.38 bits per heavy atom. The lowest BCUT2D eigenvalue weighted by Gasteiger charge is -2.38. The first-order chi connectivity index (χ1) is 10.1. The first-order valence-electron chi connectivity index (χ1n) is 7.34. The molecule has 114 valence electrons. The van der Waals surface area contributed by atoms with Gasteiger partial charge in [-0.05, 0) is 37.1 Å². The molecular formula is C15H20N2O3S. The standard InChI is InChI=1S/C15H20N2O3S/c1-16(15(20)13-3-2-6-21-13)9-14(19)17-10-4-5-11(17)8-12(18)7-10/h2-3,6,10-12,18H,4-5,7-9H2,1H3. The zero-order valence-corrected chi connectivity index (χ0v) is 12.9. The molecule has 2 fully saturated rings. The highest BCUT2D eigenvalue weighted by Crippen LogP contribution is 2.35. The van der Waals surface area contributed by atoms with Crippen molar-refractivity contribution in [2.75, 3.05) is 13.6 Å². The predicted octanol–water partition coefficient (Wildman–Crippen LogP) is 1.33. The lowest BCUT2D eigenvalue weighted by molar-refractivity contribution is -0.137. The second kappa shape index (κ2) is 5.77. The zero-order chi connectivity index (χ0) is 15.0. The molecule has 1 aromatic heterocycles. The maximum atomic E-state index is 12.5. The molecule has 2 amide bonds. The van der Waals surface area contributed by atoms with Gasteiger partial charge in [0.15, 0.2) is 0 Å². The van der Waals surface area contributed by atoms with Gasteiger partial charge in [-0.25, -0.2) is 0 Å². The molecule has 2 atom stereocenters. The Morgan fingerprint density at radius 2 is 2.05 bits per heavy atom. The van der Waals surface area contributed by atoms with Crippen LogP contribution in [0, 0.1) is 0 Å². The molecular weight excluding hydrogens is 288 g/mol. The highest BCUT2D eigenvalue weighted by atomic mass is 32.1. The molecule has 6 heteroatoms. The van der Waals surface area contributed by atoms with Crippen molar-refractivity contribution in [3.63, 3.8) is 0 Å². The number of fused-ring (bicyclic) bond motifs is 2. The molecule has 0 saturated carbocycles. The van der Waals surface area contributed by atoms with E-state index in [2.05, 4.69) is 0 Å². The molecule has 21 heavy (non-hydrogen) atoms. The van der Waals surface area contributed by atoms with Gasteiger partial charge in [0.25, 0.3) is 5.91 Å². The number of aliphatic hydroxyl groups excluding tert-OH is 1. The molecule has 3 rings (SSSR count). The van der Waals surface area contributed by atoms with E-state index in [-0.39, 0.29) is 36.5 Å². The fraction of sp³-hybridized carbons (Fsp3) is 0.600. The van der Waals surface area contributed by atoms with Crippen LogP contribution in [-0.2, 0) is 4.79 Å². The summed E-state index contributed by atoms with van der Waals surface area (Å²) < 4.78 is 0. The van der Waals surface area contributed by atoms with Crippen molar-refractivity contribution < 1.29 is 14.7 Å². The van der Waals surface area contributed by atoms with Crippen molar-refractivity contribution in [3.8, 4) is 0 Å². The summed E-state index contributed by atoms with van der Waals surface area (Å²) in [6.07, 6.45) is 3.00. The lowest BCUT2D eigenvalue weighted by atomic mass is 10.00. The van der Waals surface area contributed by atoms with Gasteiger partial charge in [-0.15, -0.1) is 11.3 Å². The number of thiophene rings is 1. The normalized spacial score (nSPS) is 27.7. The first kappa shape index (κ1) is 14.5. The smallest absolute Gasteiger partial charge is 0.264 e. The summed E-state index contributed by atoms with van der Waals surface area (Å²) >= 11 is 1.39. The number of hydrogen-bond donors (Lipinski definition) is 1. The van der Waals surface area contributed by atoms with E-state index >= 15 is 0 Å². The molecule has 3 heterocycles. The van der Waals surface area contributed by atoms with Crippen LogP contribution < -0.4 is 0 Å². The maximum Gasteiger partial charge on any atom is 0.264 e. The average molecular weight is 308 g/mol. The quantitative estimate of drug-likeness (QED) is 0.916. The van der Waals surface area contributed by atoms with E-state index in [9.17, 15) is 14.7 Å². The van der Waals surface area contributed by atoms with E-state index < -0.39 is 0 Å². The van der Waals surface area contributed by atoms with Crippen molar-refractivity contribution in [3.05, 3.63) is 22.4 Å². The number of carbonyl (C=O) groups excluding carboxylic acids is 2. The molecule has 2 bridgehead atoms. The molecule has 2 saturated heterocycles. The summed E-state index contributed by atoms with van der Waals surface area (Å²) in [7, 11) is 1.67. The largest absolute Gasteiger partial charge is 0.393 e. The van der Waals surface area contributed by atoms with Gasteiger partial charge < -0.3 is 14.9 Å². The molecule has 2 aliphatic heterocycles. The number of aliphatic hydroxyl groups is 1. The van der Waals surface area contributed by atoms with Gasteiger partial charge >= 0.3 is 0 Å². The topological polar surface area (TPSA) is 60.9 Å². The minimum Gasteiger partial charge on any atom is -0.393 e. The van der Waals surface area contributed by atoms with Crippen molar-refractivity contribution in [2.24, 2.45) is 0 Å². The van der Waals surface area contributed by atoms with Crippen LogP contribution in [0.4, 0.5) is 0 Å². The van der Waals surface area contributed by atoms with Crippen LogP contribution in [0.25, 0.3) is 0 Å².